The first kappa shape index (κ1) is 19.4. The largest absolute Gasteiger partial charge is 0.315 e. The molecule has 0 saturated heterocycles. The van der Waals surface area contributed by atoms with Crippen molar-refractivity contribution in [3.63, 3.8) is 0 Å². The molecule has 2 rings (SSSR count). The van der Waals surface area contributed by atoms with Crippen molar-refractivity contribution in [2.45, 2.75) is 11.5 Å². The summed E-state index contributed by atoms with van der Waals surface area (Å²) >= 11 is 3.99. The van der Waals surface area contributed by atoms with Crippen LogP contribution in [0.2, 0.25) is 0 Å². The van der Waals surface area contributed by atoms with Crippen LogP contribution in [0.3, 0.4) is 0 Å². The summed E-state index contributed by atoms with van der Waals surface area (Å²) in [5, 5.41) is 7.00. The smallest absolute Gasteiger partial charge is 0.0185 e. The van der Waals surface area contributed by atoms with E-state index in [4.69, 9.17) is 0 Å². The molecule has 0 radical (unpaired) electrons. The van der Waals surface area contributed by atoms with Crippen LogP contribution in [0.25, 0.3) is 0 Å². The van der Waals surface area contributed by atoms with Gasteiger partial charge in [0.2, 0.25) is 0 Å². The maximum Gasteiger partial charge on any atom is 0.0185 e. The second-order valence-corrected chi connectivity index (χ2v) is 7.79. The lowest BCUT2D eigenvalue weighted by Crippen LogP contribution is -2.29. The molecule has 130 valence electrons. The Morgan fingerprint density at radius 3 is 1.38 bits per heavy atom. The van der Waals surface area contributed by atoms with E-state index < -0.39 is 0 Å². The fraction of sp³-hybridized carbons (Fsp3) is 0.400. The van der Waals surface area contributed by atoms with Crippen LogP contribution in [0.4, 0.5) is 0 Å². The molecule has 0 unspecified atom stereocenters. The Bertz CT molecular complexity index is 470. The Balaban J connectivity index is 1.32. The fourth-order valence-electron chi connectivity index (χ4n) is 2.24. The molecule has 24 heavy (non-hydrogen) atoms. The lowest BCUT2D eigenvalue weighted by atomic mass is 10.2. The molecule has 0 aliphatic carbocycles. The van der Waals surface area contributed by atoms with Gasteiger partial charge in [-0.3, -0.25) is 0 Å². The van der Waals surface area contributed by atoms with Crippen LogP contribution < -0.4 is 10.6 Å². The van der Waals surface area contributed by atoms with E-state index >= 15 is 0 Å². The van der Waals surface area contributed by atoms with Gasteiger partial charge in [-0.2, -0.15) is 23.5 Å². The van der Waals surface area contributed by atoms with E-state index in [9.17, 15) is 0 Å². The maximum absolute atomic E-state index is 3.50. The second kappa shape index (κ2) is 13.4. The molecule has 2 aromatic rings. The first-order chi connectivity index (χ1) is 11.9. The SMILES string of the molecule is c1ccc(CSCCNCCNCCSCc2ccccc2)cc1. The van der Waals surface area contributed by atoms with Gasteiger partial charge in [-0.25, -0.2) is 0 Å². The van der Waals surface area contributed by atoms with Crippen molar-refractivity contribution in [1.29, 1.82) is 0 Å². The van der Waals surface area contributed by atoms with Crippen LogP contribution in [-0.2, 0) is 11.5 Å². The average Bonchev–Trinajstić information content (AvgIpc) is 2.64. The summed E-state index contributed by atoms with van der Waals surface area (Å²) in [7, 11) is 0. The summed E-state index contributed by atoms with van der Waals surface area (Å²) < 4.78 is 0. The highest BCUT2D eigenvalue weighted by Crippen LogP contribution is 2.11. The van der Waals surface area contributed by atoms with Crippen LogP contribution in [0.5, 0.6) is 0 Å². The highest BCUT2D eigenvalue weighted by Gasteiger charge is 1.94. The third-order valence-corrected chi connectivity index (χ3v) is 5.61. The Morgan fingerprint density at radius 1 is 0.542 bits per heavy atom. The van der Waals surface area contributed by atoms with Gasteiger partial charge in [0.15, 0.2) is 0 Å². The van der Waals surface area contributed by atoms with Gasteiger partial charge >= 0.3 is 0 Å². The molecule has 4 heteroatoms. The Hall–Kier alpha value is -0.940. The zero-order chi connectivity index (χ0) is 16.7. The normalized spacial score (nSPS) is 10.8. The molecule has 0 spiro atoms. The van der Waals surface area contributed by atoms with Crippen molar-refractivity contribution in [3.8, 4) is 0 Å². The highest BCUT2D eigenvalue weighted by molar-refractivity contribution is 7.98. The minimum Gasteiger partial charge on any atom is -0.315 e. The van der Waals surface area contributed by atoms with Gasteiger partial charge in [-0.1, -0.05) is 60.7 Å². The molecule has 2 N–H and O–H groups in total. The van der Waals surface area contributed by atoms with Crippen LogP contribution in [0.1, 0.15) is 11.1 Å². The average molecular weight is 361 g/mol. The molecule has 0 fully saturated rings. The van der Waals surface area contributed by atoms with E-state index in [-0.39, 0.29) is 0 Å². The quantitative estimate of drug-likeness (QED) is 0.527. The third-order valence-electron chi connectivity index (χ3n) is 3.55. The van der Waals surface area contributed by atoms with Gasteiger partial charge in [-0.15, -0.1) is 0 Å². The van der Waals surface area contributed by atoms with Gasteiger partial charge in [-0.05, 0) is 11.1 Å². The zero-order valence-electron chi connectivity index (χ0n) is 14.2. The van der Waals surface area contributed by atoms with Gasteiger partial charge < -0.3 is 10.6 Å². The van der Waals surface area contributed by atoms with Crippen molar-refractivity contribution in [2.24, 2.45) is 0 Å². The Labute approximate surface area is 155 Å². The van der Waals surface area contributed by atoms with Gasteiger partial charge in [0.05, 0.1) is 0 Å². The van der Waals surface area contributed by atoms with Crippen LogP contribution >= 0.6 is 23.5 Å². The second-order valence-electron chi connectivity index (χ2n) is 5.58. The maximum atomic E-state index is 3.50. The summed E-state index contributed by atoms with van der Waals surface area (Å²) in [6, 6.07) is 21.4. The molecule has 2 nitrogen and oxygen atoms in total. The highest BCUT2D eigenvalue weighted by atomic mass is 32.2. The topological polar surface area (TPSA) is 24.1 Å². The van der Waals surface area contributed by atoms with Crippen molar-refractivity contribution in [2.75, 3.05) is 37.7 Å². The predicted octanol–water partition coefficient (Wildman–Crippen LogP) is 4.03. The summed E-state index contributed by atoms with van der Waals surface area (Å²) in [6.45, 7) is 4.27. The van der Waals surface area contributed by atoms with E-state index in [0.29, 0.717) is 0 Å². The Morgan fingerprint density at radius 2 is 0.958 bits per heavy atom. The third kappa shape index (κ3) is 9.38. The number of nitrogens with one attached hydrogen (secondary N) is 2. The molecule has 0 aromatic heterocycles. The first-order valence-corrected chi connectivity index (χ1v) is 10.9. The standard InChI is InChI=1S/C20H28N2S2/c1-3-7-19(8-4-1)17-23-15-13-21-11-12-22-14-16-24-18-20-9-5-2-6-10-20/h1-10,21-22H,11-18H2. The van der Waals surface area contributed by atoms with Gasteiger partial charge in [0, 0.05) is 49.2 Å². The van der Waals surface area contributed by atoms with Crippen molar-refractivity contribution in [1.82, 2.24) is 10.6 Å². The molecule has 0 amide bonds. The molecule has 0 aliphatic rings. The lowest BCUT2D eigenvalue weighted by molar-refractivity contribution is 0.645. The molecular formula is C20H28N2S2. The summed E-state index contributed by atoms with van der Waals surface area (Å²) in [5.74, 6) is 4.56. The summed E-state index contributed by atoms with van der Waals surface area (Å²) in [6.07, 6.45) is 0. The number of thioether (sulfide) groups is 2. The predicted molar refractivity (Wildman–Crippen MR) is 111 cm³/mol. The molecule has 2 aromatic carbocycles. The number of rotatable bonds is 13. The van der Waals surface area contributed by atoms with E-state index in [1.807, 2.05) is 23.5 Å². The van der Waals surface area contributed by atoms with Crippen molar-refractivity contribution < 1.29 is 0 Å². The molecule has 0 atom stereocenters. The van der Waals surface area contributed by atoms with Crippen LogP contribution in [0, 0.1) is 0 Å². The lowest BCUT2D eigenvalue weighted by Gasteiger charge is -2.07. The van der Waals surface area contributed by atoms with E-state index in [0.717, 1.165) is 37.7 Å². The first-order valence-electron chi connectivity index (χ1n) is 8.60. The zero-order valence-corrected chi connectivity index (χ0v) is 15.9. The van der Waals surface area contributed by atoms with Crippen molar-refractivity contribution in [3.05, 3.63) is 71.8 Å². The number of hydrogen-bond acceptors (Lipinski definition) is 4. The summed E-state index contributed by atoms with van der Waals surface area (Å²) in [5.41, 5.74) is 2.83. The van der Waals surface area contributed by atoms with Crippen molar-refractivity contribution >= 4 is 23.5 Å². The minimum atomic E-state index is 1.05. The minimum absolute atomic E-state index is 1.05. The van der Waals surface area contributed by atoms with E-state index in [1.54, 1.807) is 0 Å². The van der Waals surface area contributed by atoms with Crippen LogP contribution in [0.15, 0.2) is 60.7 Å². The summed E-state index contributed by atoms with van der Waals surface area (Å²) in [4.78, 5) is 0. The number of hydrogen-bond donors (Lipinski definition) is 2. The number of benzene rings is 2. The van der Waals surface area contributed by atoms with Crippen LogP contribution in [-0.4, -0.2) is 37.7 Å². The van der Waals surface area contributed by atoms with E-state index in [1.165, 1.54) is 22.6 Å². The molecule has 0 aliphatic heterocycles. The Kier molecular flexibility index (Phi) is 10.8. The molecule has 0 heterocycles. The molecule has 0 bridgehead atoms. The molecular weight excluding hydrogens is 332 g/mol. The molecule has 0 saturated carbocycles. The van der Waals surface area contributed by atoms with Gasteiger partial charge in [0.1, 0.15) is 0 Å². The van der Waals surface area contributed by atoms with Gasteiger partial charge in [0.25, 0.3) is 0 Å². The monoisotopic (exact) mass is 360 g/mol. The van der Waals surface area contributed by atoms with E-state index in [2.05, 4.69) is 71.3 Å². The fourth-order valence-corrected chi connectivity index (χ4v) is 3.97.